The molecule has 0 unspecified atom stereocenters. The molecule has 1 aromatic heterocycles. The summed E-state index contributed by atoms with van der Waals surface area (Å²) in [5.74, 6) is -0.756. The number of aromatic amines is 1. The molecule has 0 radical (unpaired) electrons. The average molecular weight is 347 g/mol. The van der Waals surface area contributed by atoms with Crippen LogP contribution in [0.4, 0.5) is 4.39 Å². The van der Waals surface area contributed by atoms with Gasteiger partial charge in [0.25, 0.3) is 5.91 Å². The first-order valence-electron chi connectivity index (χ1n) is 6.53. The number of amides is 1. The van der Waals surface area contributed by atoms with Crippen LogP contribution < -0.4 is 10.6 Å². The minimum atomic E-state index is -0.451. The summed E-state index contributed by atoms with van der Waals surface area (Å²) in [6.45, 7) is 2.24. The zero-order valence-electron chi connectivity index (χ0n) is 11.7. The Morgan fingerprint density at radius 2 is 2.18 bits per heavy atom. The molecule has 2 heterocycles. The maximum absolute atomic E-state index is 13.5. The molecule has 0 fully saturated rings. The number of aromatic nitrogens is 2. The summed E-state index contributed by atoms with van der Waals surface area (Å²) in [4.78, 5) is 19.1. The van der Waals surface area contributed by atoms with E-state index < -0.39 is 5.82 Å². The highest BCUT2D eigenvalue weighted by Crippen LogP contribution is 2.17. The minimum absolute atomic E-state index is 0. The van der Waals surface area contributed by atoms with E-state index in [1.54, 1.807) is 0 Å². The molecule has 0 spiro atoms. The fourth-order valence-corrected chi connectivity index (χ4v) is 2.31. The Balaban J connectivity index is 0.00000121. The van der Waals surface area contributed by atoms with Crippen LogP contribution in [0.3, 0.4) is 0 Å². The lowest BCUT2D eigenvalue weighted by Crippen LogP contribution is -2.29. The summed E-state index contributed by atoms with van der Waals surface area (Å²) in [6.07, 6.45) is 4.44. The van der Waals surface area contributed by atoms with Crippen molar-refractivity contribution in [3.8, 4) is 0 Å². The average Bonchev–Trinajstić information content (AvgIpc) is 2.93. The van der Waals surface area contributed by atoms with Crippen LogP contribution in [0.25, 0.3) is 11.0 Å². The standard InChI is InChI=1S/C14H15FN4O.2ClH/c15-10-5-11(13-12(6-10)18-8-19-13)14(20)17-7-9-1-3-16-4-2-9;;/h1,5-6,8,16H,2-4,7H2,(H,17,20)(H,18,19);2*1H. The topological polar surface area (TPSA) is 69.8 Å². The van der Waals surface area contributed by atoms with Gasteiger partial charge >= 0.3 is 0 Å². The number of nitrogens with one attached hydrogen (secondary N) is 3. The summed E-state index contributed by atoms with van der Waals surface area (Å²) >= 11 is 0. The van der Waals surface area contributed by atoms with Crippen LogP contribution in [0.1, 0.15) is 16.8 Å². The Kier molecular flexibility index (Phi) is 6.80. The van der Waals surface area contributed by atoms with E-state index in [-0.39, 0.29) is 36.3 Å². The van der Waals surface area contributed by atoms with Gasteiger partial charge in [0.15, 0.2) is 0 Å². The van der Waals surface area contributed by atoms with Crippen molar-refractivity contribution in [2.24, 2.45) is 0 Å². The molecule has 120 valence electrons. The maximum Gasteiger partial charge on any atom is 0.253 e. The Morgan fingerprint density at radius 1 is 1.36 bits per heavy atom. The molecule has 5 nitrogen and oxygen atoms in total. The predicted octanol–water partition coefficient (Wildman–Crippen LogP) is 2.20. The highest BCUT2D eigenvalue weighted by atomic mass is 35.5. The van der Waals surface area contributed by atoms with E-state index in [0.29, 0.717) is 17.6 Å². The van der Waals surface area contributed by atoms with Crippen molar-refractivity contribution in [2.45, 2.75) is 6.42 Å². The van der Waals surface area contributed by atoms with Crippen molar-refractivity contribution in [2.75, 3.05) is 19.6 Å². The number of benzene rings is 1. The largest absolute Gasteiger partial charge is 0.348 e. The second-order valence-electron chi connectivity index (χ2n) is 4.75. The molecule has 1 aliphatic rings. The van der Waals surface area contributed by atoms with Gasteiger partial charge in [-0.25, -0.2) is 9.37 Å². The molecule has 0 saturated carbocycles. The van der Waals surface area contributed by atoms with E-state index >= 15 is 0 Å². The summed E-state index contributed by atoms with van der Waals surface area (Å²) in [6, 6.07) is 2.55. The second kappa shape index (κ2) is 8.12. The lowest BCUT2D eigenvalue weighted by Gasteiger charge is -2.14. The third kappa shape index (κ3) is 3.97. The van der Waals surface area contributed by atoms with Crippen LogP contribution in [0.5, 0.6) is 0 Å². The smallest absolute Gasteiger partial charge is 0.253 e. The van der Waals surface area contributed by atoms with Gasteiger partial charge in [-0.3, -0.25) is 4.79 Å². The Labute approximate surface area is 139 Å². The molecule has 1 aromatic carbocycles. The number of rotatable bonds is 3. The number of carbonyl (C=O) groups excluding carboxylic acids is 1. The molecule has 3 N–H and O–H groups in total. The zero-order chi connectivity index (χ0) is 13.9. The zero-order valence-corrected chi connectivity index (χ0v) is 13.3. The molecule has 1 amide bonds. The number of hydrogen-bond acceptors (Lipinski definition) is 3. The number of carbonyl (C=O) groups is 1. The number of imidazole rings is 1. The van der Waals surface area contributed by atoms with E-state index in [4.69, 9.17) is 0 Å². The molecule has 22 heavy (non-hydrogen) atoms. The lowest BCUT2D eigenvalue weighted by molar-refractivity contribution is 0.0957. The highest BCUT2D eigenvalue weighted by molar-refractivity contribution is 6.04. The summed E-state index contributed by atoms with van der Waals surface area (Å²) < 4.78 is 13.5. The van der Waals surface area contributed by atoms with Crippen molar-refractivity contribution < 1.29 is 9.18 Å². The molecular weight excluding hydrogens is 330 g/mol. The van der Waals surface area contributed by atoms with Gasteiger partial charge in [0.05, 0.1) is 17.4 Å². The van der Waals surface area contributed by atoms with Gasteiger partial charge in [-0.05, 0) is 25.1 Å². The van der Waals surface area contributed by atoms with Gasteiger partial charge in [0.2, 0.25) is 0 Å². The number of fused-ring (bicyclic) bond motifs is 1. The van der Waals surface area contributed by atoms with Gasteiger partial charge in [-0.1, -0.05) is 11.6 Å². The first kappa shape index (κ1) is 18.4. The van der Waals surface area contributed by atoms with Crippen LogP contribution >= 0.6 is 24.8 Å². The molecule has 0 bridgehead atoms. The van der Waals surface area contributed by atoms with Gasteiger partial charge in [0.1, 0.15) is 11.3 Å². The quantitative estimate of drug-likeness (QED) is 0.746. The van der Waals surface area contributed by atoms with Crippen molar-refractivity contribution in [3.05, 3.63) is 41.5 Å². The van der Waals surface area contributed by atoms with Crippen molar-refractivity contribution in [3.63, 3.8) is 0 Å². The first-order chi connectivity index (χ1) is 9.74. The predicted molar refractivity (Wildman–Crippen MR) is 88.5 cm³/mol. The molecule has 3 rings (SSSR count). The number of H-pyrrole nitrogens is 1. The summed E-state index contributed by atoms with van der Waals surface area (Å²) in [7, 11) is 0. The number of halogens is 3. The minimum Gasteiger partial charge on any atom is -0.348 e. The molecule has 1 aliphatic heterocycles. The summed E-state index contributed by atoms with van der Waals surface area (Å²) in [5, 5.41) is 6.03. The SMILES string of the molecule is Cl.Cl.O=C(NCC1=CCNCC1)c1cc(F)cc2[nH]cnc12. The molecule has 2 aromatic rings. The van der Waals surface area contributed by atoms with Gasteiger partial charge in [-0.2, -0.15) is 0 Å². The van der Waals surface area contributed by atoms with Crippen molar-refractivity contribution >= 4 is 41.8 Å². The van der Waals surface area contributed by atoms with Crippen LogP contribution in [0, 0.1) is 5.82 Å². The number of nitrogens with zero attached hydrogens (tertiary/aromatic N) is 1. The molecule has 0 saturated heterocycles. The van der Waals surface area contributed by atoms with Gasteiger partial charge in [-0.15, -0.1) is 24.8 Å². The Bertz CT molecular complexity index is 687. The lowest BCUT2D eigenvalue weighted by atomic mass is 10.1. The Morgan fingerprint density at radius 3 is 2.91 bits per heavy atom. The van der Waals surface area contributed by atoms with E-state index in [0.717, 1.165) is 19.5 Å². The van der Waals surface area contributed by atoms with E-state index in [9.17, 15) is 9.18 Å². The molecule has 8 heteroatoms. The first-order valence-corrected chi connectivity index (χ1v) is 6.53. The highest BCUT2D eigenvalue weighted by Gasteiger charge is 2.14. The normalized spacial score (nSPS) is 13.8. The third-order valence-corrected chi connectivity index (χ3v) is 3.37. The number of hydrogen-bond donors (Lipinski definition) is 3. The third-order valence-electron chi connectivity index (χ3n) is 3.37. The second-order valence-corrected chi connectivity index (χ2v) is 4.75. The fourth-order valence-electron chi connectivity index (χ4n) is 2.31. The maximum atomic E-state index is 13.5. The van der Waals surface area contributed by atoms with Crippen LogP contribution in [0.15, 0.2) is 30.1 Å². The van der Waals surface area contributed by atoms with Crippen LogP contribution in [0.2, 0.25) is 0 Å². The van der Waals surface area contributed by atoms with Crippen LogP contribution in [-0.4, -0.2) is 35.5 Å². The Hall–Kier alpha value is -1.63. The van der Waals surface area contributed by atoms with Crippen LogP contribution in [-0.2, 0) is 0 Å². The van der Waals surface area contributed by atoms with E-state index in [1.165, 1.54) is 24.0 Å². The van der Waals surface area contributed by atoms with Crippen molar-refractivity contribution in [1.29, 1.82) is 0 Å². The van der Waals surface area contributed by atoms with Gasteiger partial charge in [0, 0.05) is 13.1 Å². The monoisotopic (exact) mass is 346 g/mol. The van der Waals surface area contributed by atoms with Gasteiger partial charge < -0.3 is 15.6 Å². The fraction of sp³-hybridized carbons (Fsp3) is 0.286. The molecular formula is C14H17Cl2FN4O. The molecule has 0 aliphatic carbocycles. The van der Waals surface area contributed by atoms with Crippen molar-refractivity contribution in [1.82, 2.24) is 20.6 Å². The summed E-state index contributed by atoms with van der Waals surface area (Å²) in [5.41, 5.74) is 2.46. The van der Waals surface area contributed by atoms with E-state index in [1.807, 2.05) is 0 Å². The van der Waals surface area contributed by atoms with E-state index in [2.05, 4.69) is 26.7 Å². The molecule has 0 atom stereocenters.